The van der Waals surface area contributed by atoms with E-state index in [9.17, 15) is 22.4 Å². The number of methoxy groups -OCH3 is 1. The third kappa shape index (κ3) is 2.91. The first-order chi connectivity index (χ1) is 7.81. The molecule has 0 amide bonds. The molecule has 0 aliphatic rings. The lowest BCUT2D eigenvalue weighted by Gasteiger charge is -2.12. The van der Waals surface area contributed by atoms with E-state index in [1.165, 1.54) is 6.26 Å². The number of carbonyl (C=O) groups excluding carboxylic acids is 1. The molecule has 1 rings (SSSR count). The summed E-state index contributed by atoms with van der Waals surface area (Å²) in [5.74, 6) is -2.32. The quantitative estimate of drug-likeness (QED) is 0.467. The van der Waals surface area contributed by atoms with Crippen LogP contribution in [0.2, 0.25) is 0 Å². The predicted molar refractivity (Wildman–Crippen MR) is 54.5 cm³/mol. The number of rotatable bonds is 2. The molecule has 0 radical (unpaired) electrons. The van der Waals surface area contributed by atoms with E-state index in [1.54, 1.807) is 0 Å². The van der Waals surface area contributed by atoms with Gasteiger partial charge in [0.1, 0.15) is 5.82 Å². The smallest absolute Gasteiger partial charge is 0.419 e. The zero-order valence-electron chi connectivity index (χ0n) is 8.89. The second-order valence-electron chi connectivity index (χ2n) is 3.03. The molecule has 0 aliphatic carbocycles. The van der Waals surface area contributed by atoms with Crippen LogP contribution in [0, 0.1) is 5.82 Å². The second-order valence-corrected chi connectivity index (χ2v) is 3.88. The number of hydrogen-bond donors (Lipinski definition) is 0. The summed E-state index contributed by atoms with van der Waals surface area (Å²) in [7, 11) is 1.04. The molecule has 0 unspecified atom stereocenters. The molecule has 2 nitrogen and oxygen atoms in total. The summed E-state index contributed by atoms with van der Waals surface area (Å²) in [5.41, 5.74) is -1.80. The van der Waals surface area contributed by atoms with Gasteiger partial charge in [-0.15, -0.1) is 11.8 Å². The van der Waals surface area contributed by atoms with Crippen molar-refractivity contribution in [3.05, 3.63) is 29.1 Å². The molecule has 0 atom stereocenters. The van der Waals surface area contributed by atoms with Crippen molar-refractivity contribution in [2.75, 3.05) is 13.4 Å². The first-order valence-corrected chi connectivity index (χ1v) is 5.56. The van der Waals surface area contributed by atoms with Gasteiger partial charge in [-0.25, -0.2) is 9.18 Å². The number of alkyl halides is 3. The minimum absolute atomic E-state index is 0.250. The fourth-order valence-electron chi connectivity index (χ4n) is 1.19. The number of halogens is 4. The summed E-state index contributed by atoms with van der Waals surface area (Å²) in [4.78, 5) is 10.9. The maximum atomic E-state index is 13.4. The van der Waals surface area contributed by atoms with Crippen molar-refractivity contribution >= 4 is 17.7 Å². The number of ether oxygens (including phenoxy) is 1. The highest BCUT2D eigenvalue weighted by atomic mass is 32.2. The molecule has 0 spiro atoms. The Morgan fingerprint density at radius 3 is 2.35 bits per heavy atom. The van der Waals surface area contributed by atoms with Gasteiger partial charge in [0.2, 0.25) is 0 Å². The monoisotopic (exact) mass is 268 g/mol. The lowest BCUT2D eigenvalue weighted by molar-refractivity contribution is -0.140. The lowest BCUT2D eigenvalue weighted by Crippen LogP contribution is -2.12. The van der Waals surface area contributed by atoms with Crippen LogP contribution in [-0.4, -0.2) is 19.3 Å². The van der Waals surface area contributed by atoms with Crippen LogP contribution < -0.4 is 0 Å². The number of carbonyl (C=O) groups is 1. The highest BCUT2D eigenvalue weighted by Crippen LogP contribution is 2.35. The van der Waals surface area contributed by atoms with Crippen LogP contribution in [0.5, 0.6) is 0 Å². The average molecular weight is 268 g/mol. The number of benzene rings is 1. The average Bonchev–Trinajstić information content (AvgIpc) is 2.26. The van der Waals surface area contributed by atoms with Crippen LogP contribution in [0.25, 0.3) is 0 Å². The van der Waals surface area contributed by atoms with Crippen molar-refractivity contribution in [3.63, 3.8) is 0 Å². The summed E-state index contributed by atoms with van der Waals surface area (Å²) in [6.07, 6.45) is -3.43. The molecule has 0 N–H and O–H groups in total. The molecular weight excluding hydrogens is 260 g/mol. The van der Waals surface area contributed by atoms with Gasteiger partial charge in [0.25, 0.3) is 0 Å². The molecule has 17 heavy (non-hydrogen) atoms. The number of esters is 1. The third-order valence-corrected chi connectivity index (χ3v) is 2.72. The van der Waals surface area contributed by atoms with E-state index >= 15 is 0 Å². The SMILES string of the molecule is COC(=O)c1cc(SC)c(F)c(C(F)(F)F)c1. The summed E-state index contributed by atoms with van der Waals surface area (Å²) < 4.78 is 55.3. The van der Waals surface area contributed by atoms with E-state index < -0.39 is 23.5 Å². The van der Waals surface area contributed by atoms with E-state index in [4.69, 9.17) is 0 Å². The van der Waals surface area contributed by atoms with Gasteiger partial charge < -0.3 is 4.74 Å². The summed E-state index contributed by atoms with van der Waals surface area (Å²) in [5, 5.41) is 0. The van der Waals surface area contributed by atoms with Crippen LogP contribution >= 0.6 is 11.8 Å². The fourth-order valence-corrected chi connectivity index (χ4v) is 1.72. The van der Waals surface area contributed by atoms with E-state index in [-0.39, 0.29) is 10.5 Å². The van der Waals surface area contributed by atoms with Gasteiger partial charge in [-0.05, 0) is 18.4 Å². The molecule has 0 fully saturated rings. The van der Waals surface area contributed by atoms with Gasteiger partial charge in [0, 0.05) is 4.90 Å². The fraction of sp³-hybridized carbons (Fsp3) is 0.300. The van der Waals surface area contributed by atoms with Crippen LogP contribution in [0.4, 0.5) is 17.6 Å². The zero-order valence-corrected chi connectivity index (χ0v) is 9.71. The highest BCUT2D eigenvalue weighted by Gasteiger charge is 2.36. The van der Waals surface area contributed by atoms with Crippen molar-refractivity contribution in [1.82, 2.24) is 0 Å². The third-order valence-electron chi connectivity index (χ3n) is 1.99. The summed E-state index contributed by atoms with van der Waals surface area (Å²) in [6.45, 7) is 0. The molecule has 0 saturated heterocycles. The standard InChI is InChI=1S/C10H8F4O2S/c1-16-9(15)5-3-6(10(12,13)14)8(11)7(4-5)17-2/h3-4H,1-2H3. The Hall–Kier alpha value is -1.24. The van der Waals surface area contributed by atoms with Gasteiger partial charge in [0.15, 0.2) is 0 Å². The number of thioether (sulfide) groups is 1. The van der Waals surface area contributed by atoms with Crippen molar-refractivity contribution in [3.8, 4) is 0 Å². The maximum absolute atomic E-state index is 13.4. The van der Waals surface area contributed by atoms with E-state index in [2.05, 4.69) is 4.74 Å². The molecule has 1 aromatic rings. The zero-order chi connectivity index (χ0) is 13.2. The molecule has 0 bridgehead atoms. The van der Waals surface area contributed by atoms with Crippen LogP contribution in [0.1, 0.15) is 15.9 Å². The van der Waals surface area contributed by atoms with Gasteiger partial charge in [-0.3, -0.25) is 0 Å². The van der Waals surface area contributed by atoms with Gasteiger partial charge in [0.05, 0.1) is 18.2 Å². The first kappa shape index (κ1) is 13.8. The summed E-state index contributed by atoms with van der Waals surface area (Å²) in [6, 6.07) is 1.47. The van der Waals surface area contributed by atoms with Crippen molar-refractivity contribution in [1.29, 1.82) is 0 Å². The number of hydrogen-bond acceptors (Lipinski definition) is 3. The van der Waals surface area contributed by atoms with Crippen LogP contribution in [0.15, 0.2) is 17.0 Å². The highest BCUT2D eigenvalue weighted by molar-refractivity contribution is 7.98. The molecule has 1 aromatic carbocycles. The van der Waals surface area contributed by atoms with E-state index in [1.807, 2.05) is 0 Å². The van der Waals surface area contributed by atoms with Gasteiger partial charge in [-0.1, -0.05) is 0 Å². The molecular formula is C10H8F4O2S. The Bertz CT molecular complexity index is 443. The van der Waals surface area contributed by atoms with Crippen molar-refractivity contribution in [2.45, 2.75) is 11.1 Å². The van der Waals surface area contributed by atoms with Gasteiger partial charge >= 0.3 is 12.1 Å². The molecule has 0 saturated carbocycles. The molecule has 0 aromatic heterocycles. The van der Waals surface area contributed by atoms with E-state index in [0.29, 0.717) is 6.07 Å². The molecule has 0 heterocycles. The minimum Gasteiger partial charge on any atom is -0.465 e. The Morgan fingerprint density at radius 1 is 1.35 bits per heavy atom. The normalized spacial score (nSPS) is 11.4. The molecule has 7 heteroatoms. The van der Waals surface area contributed by atoms with Crippen molar-refractivity contribution < 1.29 is 27.1 Å². The van der Waals surface area contributed by atoms with Crippen molar-refractivity contribution in [2.24, 2.45) is 0 Å². The van der Waals surface area contributed by atoms with Crippen LogP contribution in [-0.2, 0) is 10.9 Å². The predicted octanol–water partition coefficient (Wildman–Crippen LogP) is 3.35. The van der Waals surface area contributed by atoms with Crippen LogP contribution in [0.3, 0.4) is 0 Å². The molecule has 94 valence electrons. The first-order valence-electron chi connectivity index (χ1n) is 4.34. The Labute approximate surface area is 99.0 Å². The Kier molecular flexibility index (Phi) is 4.03. The summed E-state index contributed by atoms with van der Waals surface area (Å²) >= 11 is 0.785. The second kappa shape index (κ2) is 4.95. The lowest BCUT2D eigenvalue weighted by atomic mass is 10.1. The maximum Gasteiger partial charge on any atom is 0.419 e. The topological polar surface area (TPSA) is 26.3 Å². The largest absolute Gasteiger partial charge is 0.465 e. The minimum atomic E-state index is -4.85. The Morgan fingerprint density at radius 2 is 1.94 bits per heavy atom. The molecule has 0 aliphatic heterocycles. The van der Waals surface area contributed by atoms with Gasteiger partial charge in [-0.2, -0.15) is 13.2 Å². The van der Waals surface area contributed by atoms with E-state index in [0.717, 1.165) is 24.9 Å². The Balaban J connectivity index is 3.44.